The minimum absolute atomic E-state index is 0.00175. The first-order valence-corrected chi connectivity index (χ1v) is 12.5. The van der Waals surface area contributed by atoms with Crippen molar-refractivity contribution in [3.8, 4) is 22.6 Å². The molecule has 0 unspecified atom stereocenters. The summed E-state index contributed by atoms with van der Waals surface area (Å²) < 4.78 is 11.5. The molecule has 1 aliphatic heterocycles. The fraction of sp³-hybridized carbons (Fsp3) is 0.207. The van der Waals surface area contributed by atoms with Crippen molar-refractivity contribution < 1.29 is 19.1 Å². The van der Waals surface area contributed by atoms with E-state index in [0.717, 1.165) is 23.1 Å². The molecule has 0 spiro atoms. The number of anilines is 1. The van der Waals surface area contributed by atoms with Crippen LogP contribution in [0.2, 0.25) is 5.02 Å². The molecule has 1 saturated heterocycles. The van der Waals surface area contributed by atoms with Crippen LogP contribution in [0.15, 0.2) is 84.3 Å². The molecule has 0 bridgehead atoms. The number of amides is 2. The molecule has 3 aromatic carbocycles. The van der Waals surface area contributed by atoms with Crippen LogP contribution in [-0.4, -0.2) is 61.1 Å². The van der Waals surface area contributed by atoms with E-state index in [-0.39, 0.29) is 11.7 Å². The summed E-state index contributed by atoms with van der Waals surface area (Å²) in [6.45, 7) is 3.47. The van der Waals surface area contributed by atoms with Gasteiger partial charge in [0.1, 0.15) is 17.2 Å². The smallest absolute Gasteiger partial charge is 0.293 e. The SMILES string of the molecule is COc1cccc(-c2ccc(O/C(C(=O)Nc3ccc(Cl)cc3)=C(/C=N)N3CCN(C(C)=O)CC3)cc2)c1. The number of nitrogens with zero attached hydrogens (tertiary/aromatic N) is 2. The average molecular weight is 533 g/mol. The summed E-state index contributed by atoms with van der Waals surface area (Å²) in [5, 5.41) is 11.5. The van der Waals surface area contributed by atoms with Crippen molar-refractivity contribution in [3.05, 3.63) is 89.3 Å². The molecule has 2 N–H and O–H groups in total. The van der Waals surface area contributed by atoms with Gasteiger partial charge in [-0.15, -0.1) is 0 Å². The fourth-order valence-corrected chi connectivity index (χ4v) is 4.26. The quantitative estimate of drug-likeness (QED) is 0.240. The van der Waals surface area contributed by atoms with E-state index in [1.54, 1.807) is 48.4 Å². The van der Waals surface area contributed by atoms with Crippen LogP contribution < -0.4 is 14.8 Å². The van der Waals surface area contributed by atoms with Gasteiger partial charge < -0.3 is 30.0 Å². The van der Waals surface area contributed by atoms with Gasteiger partial charge in [0.25, 0.3) is 5.91 Å². The molecule has 0 atom stereocenters. The molecule has 8 nitrogen and oxygen atoms in total. The van der Waals surface area contributed by atoms with E-state index < -0.39 is 5.91 Å². The summed E-state index contributed by atoms with van der Waals surface area (Å²) >= 11 is 5.98. The number of rotatable bonds is 8. The zero-order valence-corrected chi connectivity index (χ0v) is 22.0. The first kappa shape index (κ1) is 26.8. The maximum Gasteiger partial charge on any atom is 0.293 e. The Kier molecular flexibility index (Phi) is 8.66. The Morgan fingerprint density at radius 3 is 2.16 bits per heavy atom. The Morgan fingerprint density at radius 1 is 0.895 bits per heavy atom. The highest BCUT2D eigenvalue weighted by molar-refractivity contribution is 6.30. The van der Waals surface area contributed by atoms with Crippen LogP contribution in [0.4, 0.5) is 5.69 Å². The number of benzene rings is 3. The third kappa shape index (κ3) is 6.52. The first-order chi connectivity index (χ1) is 18.4. The molecule has 1 aliphatic rings. The van der Waals surface area contributed by atoms with E-state index in [2.05, 4.69) is 5.32 Å². The molecule has 0 saturated carbocycles. The number of allylic oxidation sites excluding steroid dienone is 1. The van der Waals surface area contributed by atoms with Crippen molar-refractivity contribution in [2.24, 2.45) is 0 Å². The predicted molar refractivity (Wildman–Crippen MR) is 149 cm³/mol. The van der Waals surface area contributed by atoms with Crippen molar-refractivity contribution in [2.75, 3.05) is 38.6 Å². The number of hydrogen-bond acceptors (Lipinski definition) is 6. The maximum absolute atomic E-state index is 13.4. The number of carbonyl (C=O) groups excluding carboxylic acids is 2. The fourth-order valence-electron chi connectivity index (χ4n) is 4.13. The monoisotopic (exact) mass is 532 g/mol. The highest BCUT2D eigenvalue weighted by Crippen LogP contribution is 2.27. The third-order valence-electron chi connectivity index (χ3n) is 6.22. The van der Waals surface area contributed by atoms with Gasteiger partial charge in [-0.3, -0.25) is 9.59 Å². The van der Waals surface area contributed by atoms with Gasteiger partial charge in [0.2, 0.25) is 11.7 Å². The molecule has 3 aromatic rings. The topological polar surface area (TPSA) is 95.0 Å². The van der Waals surface area contributed by atoms with Gasteiger partial charge in [0.15, 0.2) is 0 Å². The summed E-state index contributed by atoms with van der Waals surface area (Å²) in [4.78, 5) is 28.8. The average Bonchev–Trinajstić information content (AvgIpc) is 2.94. The van der Waals surface area contributed by atoms with Crippen molar-refractivity contribution in [1.29, 1.82) is 5.41 Å². The Morgan fingerprint density at radius 2 is 1.55 bits per heavy atom. The highest BCUT2D eigenvalue weighted by Gasteiger charge is 2.26. The number of halogens is 1. The number of hydrogen-bond donors (Lipinski definition) is 2. The number of piperazine rings is 1. The molecule has 0 radical (unpaired) electrons. The number of ether oxygens (including phenoxy) is 2. The van der Waals surface area contributed by atoms with E-state index in [1.807, 2.05) is 41.3 Å². The second-order valence-corrected chi connectivity index (χ2v) is 9.11. The highest BCUT2D eigenvalue weighted by atomic mass is 35.5. The lowest BCUT2D eigenvalue weighted by Gasteiger charge is -2.36. The molecule has 9 heteroatoms. The zero-order chi connectivity index (χ0) is 27.1. The minimum atomic E-state index is -0.503. The van der Waals surface area contributed by atoms with Crippen LogP contribution in [0.25, 0.3) is 11.1 Å². The van der Waals surface area contributed by atoms with E-state index in [0.29, 0.717) is 48.3 Å². The second-order valence-electron chi connectivity index (χ2n) is 8.67. The summed E-state index contributed by atoms with van der Waals surface area (Å²) in [6, 6.07) is 21.8. The van der Waals surface area contributed by atoms with Gasteiger partial charge in [0.05, 0.1) is 7.11 Å². The lowest BCUT2D eigenvalue weighted by Crippen LogP contribution is -2.48. The standard InChI is InChI=1S/C29H29ClN4O4/c1-20(35)33-14-16-34(17-15-33)27(19-31)28(29(36)32-24-10-8-23(30)9-11-24)38-25-12-6-21(7-13-25)22-4-3-5-26(18-22)37-2/h3-13,18-19,31H,14-17H2,1-2H3,(H,32,36)/b28-27-,31-19?. The predicted octanol–water partition coefficient (Wildman–Crippen LogP) is 5.06. The molecule has 0 aromatic heterocycles. The maximum atomic E-state index is 13.4. The van der Waals surface area contributed by atoms with Gasteiger partial charge >= 0.3 is 0 Å². The van der Waals surface area contributed by atoms with Crippen molar-refractivity contribution in [1.82, 2.24) is 9.80 Å². The third-order valence-corrected chi connectivity index (χ3v) is 6.47. The lowest BCUT2D eigenvalue weighted by molar-refractivity contribution is -0.130. The lowest BCUT2D eigenvalue weighted by atomic mass is 10.1. The van der Waals surface area contributed by atoms with Gasteiger partial charge in [0, 0.05) is 50.0 Å². The van der Waals surface area contributed by atoms with Crippen molar-refractivity contribution in [3.63, 3.8) is 0 Å². The van der Waals surface area contributed by atoms with Crippen LogP contribution in [0, 0.1) is 5.41 Å². The van der Waals surface area contributed by atoms with Gasteiger partial charge in [-0.2, -0.15) is 0 Å². The molecule has 38 heavy (non-hydrogen) atoms. The van der Waals surface area contributed by atoms with Crippen LogP contribution in [0.3, 0.4) is 0 Å². The normalized spacial score (nSPS) is 13.9. The van der Waals surface area contributed by atoms with E-state index in [4.69, 9.17) is 26.5 Å². The minimum Gasteiger partial charge on any atom is -0.497 e. The van der Waals surface area contributed by atoms with Crippen LogP contribution in [0.1, 0.15) is 6.92 Å². The summed E-state index contributed by atoms with van der Waals surface area (Å²) in [7, 11) is 1.62. The Balaban J connectivity index is 1.62. The van der Waals surface area contributed by atoms with Crippen LogP contribution in [0.5, 0.6) is 11.5 Å². The molecule has 1 heterocycles. The Labute approximate surface area is 226 Å². The number of nitrogens with one attached hydrogen (secondary N) is 2. The number of carbonyl (C=O) groups is 2. The molecular weight excluding hydrogens is 504 g/mol. The van der Waals surface area contributed by atoms with Crippen molar-refractivity contribution in [2.45, 2.75) is 6.92 Å². The molecular formula is C29H29ClN4O4. The Bertz CT molecular complexity index is 1330. The van der Waals surface area contributed by atoms with Crippen LogP contribution >= 0.6 is 11.6 Å². The molecule has 2 amide bonds. The molecule has 1 fully saturated rings. The first-order valence-electron chi connectivity index (χ1n) is 12.1. The van der Waals surface area contributed by atoms with E-state index in [9.17, 15) is 9.59 Å². The largest absolute Gasteiger partial charge is 0.497 e. The second kappa shape index (κ2) is 12.3. The number of methoxy groups -OCH3 is 1. The van der Waals surface area contributed by atoms with Gasteiger partial charge in [-0.25, -0.2) is 0 Å². The summed E-state index contributed by atoms with van der Waals surface area (Å²) in [6.07, 6.45) is 1.12. The molecule has 0 aliphatic carbocycles. The van der Waals surface area contributed by atoms with Crippen molar-refractivity contribution >= 4 is 35.3 Å². The van der Waals surface area contributed by atoms with E-state index >= 15 is 0 Å². The zero-order valence-electron chi connectivity index (χ0n) is 21.2. The molecule has 4 rings (SSSR count). The van der Waals surface area contributed by atoms with E-state index in [1.165, 1.54) is 6.92 Å². The van der Waals surface area contributed by atoms with Gasteiger partial charge in [-0.05, 0) is 59.7 Å². The molecule has 196 valence electrons. The summed E-state index contributed by atoms with van der Waals surface area (Å²) in [5.74, 6) is 0.683. The Hall–Kier alpha value is -4.30. The van der Waals surface area contributed by atoms with Gasteiger partial charge in [-0.1, -0.05) is 35.9 Å². The summed E-state index contributed by atoms with van der Waals surface area (Å²) in [5.41, 5.74) is 2.81. The van der Waals surface area contributed by atoms with Crippen LogP contribution in [-0.2, 0) is 9.59 Å².